The molecule has 10 nitrogen and oxygen atoms in total. The molecule has 4 heterocycles. The Bertz CT molecular complexity index is 1660. The summed E-state index contributed by atoms with van der Waals surface area (Å²) in [6.07, 6.45) is -4.51. The first-order chi connectivity index (χ1) is 19.4. The fourth-order valence-electron chi connectivity index (χ4n) is 4.58. The molecule has 2 amide bonds. The average Bonchev–Trinajstić information content (AvgIpc) is 3.50. The third-order valence-electron chi connectivity index (χ3n) is 6.50. The number of hydrogen-bond donors (Lipinski definition) is 2. The molecule has 2 atom stereocenters. The number of alkyl halides is 4. The maximum atomic E-state index is 14.9. The van der Waals surface area contributed by atoms with Crippen LogP contribution in [0.15, 0.2) is 42.9 Å². The Morgan fingerprint density at radius 1 is 1.12 bits per heavy atom. The van der Waals surface area contributed by atoms with Crippen molar-refractivity contribution in [3.63, 3.8) is 0 Å². The zero-order valence-electron chi connectivity index (χ0n) is 20.9. The summed E-state index contributed by atoms with van der Waals surface area (Å²) >= 11 is 0. The number of nitrogens with one attached hydrogen (secondary N) is 1. The third kappa shape index (κ3) is 4.96. The second-order valence-electron chi connectivity index (χ2n) is 9.03. The van der Waals surface area contributed by atoms with Gasteiger partial charge in [-0.15, -0.1) is 0 Å². The lowest BCUT2D eigenvalue weighted by Crippen LogP contribution is -2.42. The zero-order chi connectivity index (χ0) is 29.6. The molecule has 5 rings (SSSR count). The molecule has 0 bridgehead atoms. The summed E-state index contributed by atoms with van der Waals surface area (Å²) in [5.74, 6) is -4.92. The van der Waals surface area contributed by atoms with Crippen molar-refractivity contribution >= 4 is 23.1 Å². The van der Waals surface area contributed by atoms with Crippen molar-refractivity contribution in [1.29, 1.82) is 0 Å². The largest absolute Gasteiger partial charge is 0.480 e. The number of benzene rings is 1. The first-order valence-electron chi connectivity index (χ1n) is 11.8. The van der Waals surface area contributed by atoms with E-state index < -0.39 is 77.4 Å². The van der Waals surface area contributed by atoms with Crippen LogP contribution in [0.1, 0.15) is 26.3 Å². The lowest BCUT2D eigenvalue weighted by atomic mass is 10.1. The van der Waals surface area contributed by atoms with Gasteiger partial charge in [0, 0.05) is 18.3 Å². The van der Waals surface area contributed by atoms with E-state index in [1.54, 1.807) is 0 Å². The van der Waals surface area contributed by atoms with Crippen LogP contribution in [0.5, 0.6) is 5.88 Å². The number of carbonyl (C=O) groups excluding carboxylic acids is 2. The summed E-state index contributed by atoms with van der Waals surface area (Å²) in [6, 6.07) is 3.50. The number of carbonyl (C=O) groups is 2. The molecule has 3 N–H and O–H groups in total. The van der Waals surface area contributed by atoms with Gasteiger partial charge in [-0.1, -0.05) is 6.07 Å². The van der Waals surface area contributed by atoms with Crippen molar-refractivity contribution in [1.82, 2.24) is 29.8 Å². The summed E-state index contributed by atoms with van der Waals surface area (Å²) in [4.78, 5) is 34.3. The second kappa shape index (κ2) is 10.3. The van der Waals surface area contributed by atoms with Crippen LogP contribution in [0.3, 0.4) is 0 Å². The molecular formula is C25H19F6N7O3. The van der Waals surface area contributed by atoms with Crippen LogP contribution in [-0.4, -0.2) is 68.7 Å². The highest BCUT2D eigenvalue weighted by molar-refractivity contribution is 5.98. The predicted octanol–water partition coefficient (Wildman–Crippen LogP) is 3.27. The number of halogens is 6. The molecule has 16 heteroatoms. The van der Waals surface area contributed by atoms with Crippen LogP contribution >= 0.6 is 0 Å². The fourth-order valence-corrected chi connectivity index (χ4v) is 4.58. The van der Waals surface area contributed by atoms with Gasteiger partial charge in [-0.3, -0.25) is 9.59 Å². The highest BCUT2D eigenvalue weighted by Crippen LogP contribution is 2.39. The molecular weight excluding hydrogens is 560 g/mol. The van der Waals surface area contributed by atoms with Crippen molar-refractivity contribution in [2.24, 2.45) is 0 Å². The normalized spacial score (nSPS) is 17.2. The minimum atomic E-state index is -4.81. The van der Waals surface area contributed by atoms with Gasteiger partial charge < -0.3 is 20.7 Å². The summed E-state index contributed by atoms with van der Waals surface area (Å²) in [6.45, 7) is -0.964. The molecule has 0 spiro atoms. The molecule has 214 valence electrons. The van der Waals surface area contributed by atoms with Gasteiger partial charge in [-0.2, -0.15) is 18.3 Å². The van der Waals surface area contributed by atoms with Gasteiger partial charge in [0.1, 0.15) is 40.8 Å². The van der Waals surface area contributed by atoms with Gasteiger partial charge in [-0.05, 0) is 24.3 Å². The highest BCUT2D eigenvalue weighted by Gasteiger charge is 2.39. The monoisotopic (exact) mass is 579 g/mol. The summed E-state index contributed by atoms with van der Waals surface area (Å²) in [5, 5.41) is 6.24. The Hall–Kier alpha value is -4.89. The van der Waals surface area contributed by atoms with Crippen molar-refractivity contribution < 1.29 is 40.7 Å². The van der Waals surface area contributed by atoms with Crippen molar-refractivity contribution in [2.45, 2.75) is 18.4 Å². The van der Waals surface area contributed by atoms with E-state index >= 15 is 0 Å². The standard InChI is InChI=1S/C25H19F6N7O3/c1-41-23-12(5-11(7-33-23)18-6-13(25(29,30)31)20-21(32)34-10-35-38(18)20)22(39)36-17-9-37(8-16(17)28)24(40)19-14(26)3-2-4-15(19)27/h2-7,10,16-17H,8-9H2,1H3,(H,36,39)(H2,32,34,35)/t16-,17+/m0/s1. The van der Waals surface area contributed by atoms with Gasteiger partial charge in [0.05, 0.1) is 31.0 Å². The Balaban J connectivity index is 1.44. The molecule has 0 radical (unpaired) electrons. The Morgan fingerprint density at radius 2 is 1.83 bits per heavy atom. The number of pyridine rings is 1. The number of nitrogen functional groups attached to an aromatic ring is 1. The number of methoxy groups -OCH3 is 1. The fraction of sp³-hybridized carbons (Fsp3) is 0.240. The minimum Gasteiger partial charge on any atom is -0.480 e. The quantitative estimate of drug-likeness (QED) is 0.348. The topological polar surface area (TPSA) is 128 Å². The van der Waals surface area contributed by atoms with Crippen LogP contribution in [0, 0.1) is 11.6 Å². The van der Waals surface area contributed by atoms with Gasteiger partial charge in [0.25, 0.3) is 11.8 Å². The summed E-state index contributed by atoms with van der Waals surface area (Å²) < 4.78 is 90.2. The van der Waals surface area contributed by atoms with Crippen molar-refractivity contribution in [3.05, 3.63) is 71.2 Å². The van der Waals surface area contributed by atoms with Crippen LogP contribution in [0.25, 0.3) is 16.8 Å². The molecule has 0 aliphatic carbocycles. The van der Waals surface area contributed by atoms with Crippen molar-refractivity contribution in [2.75, 3.05) is 25.9 Å². The van der Waals surface area contributed by atoms with Crippen LogP contribution in [0.2, 0.25) is 0 Å². The Labute approximate surface area is 226 Å². The molecule has 0 unspecified atom stereocenters. The summed E-state index contributed by atoms with van der Waals surface area (Å²) in [7, 11) is 1.19. The number of fused-ring (bicyclic) bond motifs is 1. The van der Waals surface area contributed by atoms with Gasteiger partial charge in [0.2, 0.25) is 5.88 Å². The molecule has 1 saturated heterocycles. The second-order valence-corrected chi connectivity index (χ2v) is 9.03. The molecule has 3 aromatic heterocycles. The van der Waals surface area contributed by atoms with E-state index in [0.29, 0.717) is 0 Å². The van der Waals surface area contributed by atoms with Gasteiger partial charge >= 0.3 is 6.18 Å². The Kier molecular flexibility index (Phi) is 6.92. The van der Waals surface area contributed by atoms with Crippen LogP contribution in [-0.2, 0) is 6.18 Å². The molecule has 0 saturated carbocycles. The Morgan fingerprint density at radius 3 is 2.49 bits per heavy atom. The number of hydrogen-bond acceptors (Lipinski definition) is 7. The number of nitrogens with two attached hydrogens (primary N) is 1. The lowest BCUT2D eigenvalue weighted by Gasteiger charge is -2.18. The van der Waals surface area contributed by atoms with Crippen LogP contribution in [0.4, 0.5) is 32.2 Å². The number of ether oxygens (including phenoxy) is 1. The molecule has 41 heavy (non-hydrogen) atoms. The van der Waals surface area contributed by atoms with Gasteiger partial charge in [0.15, 0.2) is 5.82 Å². The molecule has 4 aromatic rings. The molecule has 1 aliphatic rings. The number of rotatable bonds is 5. The summed E-state index contributed by atoms with van der Waals surface area (Å²) in [5.41, 5.74) is 2.82. The van der Waals surface area contributed by atoms with E-state index in [4.69, 9.17) is 10.5 Å². The SMILES string of the molecule is COc1ncc(-c2cc(C(F)(F)F)c3c(N)ncnn23)cc1C(=O)N[C@@H]1CN(C(=O)c2c(F)cccc2F)C[C@@H]1F. The molecule has 1 fully saturated rings. The maximum Gasteiger partial charge on any atom is 0.418 e. The number of anilines is 1. The number of amides is 2. The van der Waals surface area contributed by atoms with Crippen LogP contribution < -0.4 is 15.8 Å². The minimum absolute atomic E-state index is 0.00889. The number of aromatic nitrogens is 4. The van der Waals surface area contributed by atoms with E-state index in [9.17, 15) is 35.9 Å². The van der Waals surface area contributed by atoms with E-state index in [-0.39, 0.29) is 22.7 Å². The highest BCUT2D eigenvalue weighted by atomic mass is 19.4. The van der Waals surface area contributed by atoms with E-state index in [1.165, 1.54) is 13.2 Å². The smallest absolute Gasteiger partial charge is 0.418 e. The first kappa shape index (κ1) is 27.7. The first-order valence-corrected chi connectivity index (χ1v) is 11.8. The lowest BCUT2D eigenvalue weighted by molar-refractivity contribution is -0.136. The predicted molar refractivity (Wildman–Crippen MR) is 131 cm³/mol. The molecule has 1 aromatic carbocycles. The van der Waals surface area contributed by atoms with E-state index in [2.05, 4.69) is 20.4 Å². The van der Waals surface area contributed by atoms with E-state index in [1.807, 2.05) is 0 Å². The third-order valence-corrected chi connectivity index (χ3v) is 6.50. The van der Waals surface area contributed by atoms with Gasteiger partial charge in [-0.25, -0.2) is 27.7 Å². The number of likely N-dealkylation sites (tertiary alicyclic amines) is 1. The van der Waals surface area contributed by atoms with Crippen molar-refractivity contribution in [3.8, 4) is 17.1 Å². The van der Waals surface area contributed by atoms with E-state index in [0.717, 1.165) is 46.2 Å². The zero-order valence-corrected chi connectivity index (χ0v) is 20.9. The maximum absolute atomic E-state index is 14.9. The average molecular weight is 579 g/mol. The molecule has 1 aliphatic heterocycles. The number of nitrogens with zero attached hydrogens (tertiary/aromatic N) is 5.